The molecule has 0 unspecified atom stereocenters. The SMILES string of the molecule is COc1ccc2[nH]c(C(=O)C34CC5CC(CC(C5)C3)C4)cc2c1. The summed E-state index contributed by atoms with van der Waals surface area (Å²) in [6.45, 7) is 0. The zero-order valence-corrected chi connectivity index (χ0v) is 13.6. The molecule has 0 spiro atoms. The van der Waals surface area contributed by atoms with E-state index in [0.29, 0.717) is 5.78 Å². The monoisotopic (exact) mass is 309 g/mol. The van der Waals surface area contributed by atoms with Crippen molar-refractivity contribution < 1.29 is 9.53 Å². The first kappa shape index (κ1) is 13.6. The van der Waals surface area contributed by atoms with Crippen LogP contribution in [0.15, 0.2) is 24.3 Å². The minimum atomic E-state index is -0.0697. The third-order valence-electron chi connectivity index (χ3n) is 6.59. The fourth-order valence-electron chi connectivity index (χ4n) is 6.03. The average Bonchev–Trinajstić information content (AvgIpc) is 2.95. The molecule has 0 radical (unpaired) electrons. The Bertz CT molecular complexity index is 753. The van der Waals surface area contributed by atoms with Crippen LogP contribution >= 0.6 is 0 Å². The summed E-state index contributed by atoms with van der Waals surface area (Å²) in [6, 6.07) is 7.98. The molecular weight excluding hydrogens is 286 g/mol. The van der Waals surface area contributed by atoms with Gasteiger partial charge in [0.15, 0.2) is 5.78 Å². The van der Waals surface area contributed by atoms with E-state index in [2.05, 4.69) is 4.98 Å². The summed E-state index contributed by atoms with van der Waals surface area (Å²) in [5, 5.41) is 1.07. The van der Waals surface area contributed by atoms with Gasteiger partial charge >= 0.3 is 0 Å². The van der Waals surface area contributed by atoms with Gasteiger partial charge in [-0.15, -0.1) is 0 Å². The number of nitrogens with one attached hydrogen (secondary N) is 1. The van der Waals surface area contributed by atoms with Gasteiger partial charge in [0.05, 0.1) is 12.8 Å². The zero-order valence-electron chi connectivity index (χ0n) is 13.6. The average molecular weight is 309 g/mol. The lowest BCUT2D eigenvalue weighted by Crippen LogP contribution is -2.50. The second-order valence-corrected chi connectivity index (χ2v) is 8.16. The van der Waals surface area contributed by atoms with Crippen molar-refractivity contribution in [2.75, 3.05) is 7.11 Å². The minimum Gasteiger partial charge on any atom is -0.497 e. The van der Waals surface area contributed by atoms with Crippen LogP contribution in [0.5, 0.6) is 5.75 Å². The number of aromatic nitrogens is 1. The van der Waals surface area contributed by atoms with E-state index in [-0.39, 0.29) is 5.41 Å². The van der Waals surface area contributed by atoms with Crippen molar-refractivity contribution in [1.29, 1.82) is 0 Å². The molecule has 1 aromatic carbocycles. The van der Waals surface area contributed by atoms with E-state index in [1.165, 1.54) is 19.3 Å². The largest absolute Gasteiger partial charge is 0.497 e. The van der Waals surface area contributed by atoms with Crippen LogP contribution in [0, 0.1) is 23.2 Å². The highest BCUT2D eigenvalue weighted by Gasteiger charge is 2.54. The van der Waals surface area contributed by atoms with Gasteiger partial charge in [-0.2, -0.15) is 0 Å². The topological polar surface area (TPSA) is 42.1 Å². The molecule has 0 amide bonds. The summed E-state index contributed by atoms with van der Waals surface area (Å²) in [7, 11) is 1.68. The highest BCUT2D eigenvalue weighted by atomic mass is 16.5. The maximum atomic E-state index is 13.4. The van der Waals surface area contributed by atoms with Gasteiger partial charge in [0, 0.05) is 16.3 Å². The summed E-state index contributed by atoms with van der Waals surface area (Å²) in [5.74, 6) is 3.61. The standard InChI is InChI=1S/C20H23NO2/c1-23-16-2-3-17-15(7-16)8-18(21-17)19(22)20-9-12-4-13(10-20)6-14(5-12)11-20/h2-3,7-8,12-14,21H,4-6,9-11H2,1H3. The molecule has 0 atom stereocenters. The Labute approximate surface area is 136 Å². The molecule has 1 N–H and O–H groups in total. The molecule has 120 valence electrons. The fraction of sp³-hybridized carbons (Fsp3) is 0.550. The number of ether oxygens (including phenoxy) is 1. The number of carbonyl (C=O) groups excluding carboxylic acids is 1. The number of Topliss-reactive ketones (excluding diaryl/α,β-unsaturated/α-hetero) is 1. The number of hydrogen-bond donors (Lipinski definition) is 1. The van der Waals surface area contributed by atoms with Crippen LogP contribution in [0.3, 0.4) is 0 Å². The fourth-order valence-corrected chi connectivity index (χ4v) is 6.03. The van der Waals surface area contributed by atoms with Crippen LogP contribution in [-0.4, -0.2) is 17.9 Å². The number of hydrogen-bond acceptors (Lipinski definition) is 2. The van der Waals surface area contributed by atoms with E-state index in [1.54, 1.807) is 7.11 Å². The predicted octanol–water partition coefficient (Wildman–Crippen LogP) is 4.58. The first-order valence-corrected chi connectivity index (χ1v) is 8.87. The number of ketones is 1. The molecule has 4 fully saturated rings. The molecule has 4 bridgehead atoms. The van der Waals surface area contributed by atoms with Crippen molar-refractivity contribution in [3.8, 4) is 5.75 Å². The molecule has 1 heterocycles. The molecule has 6 rings (SSSR count). The van der Waals surface area contributed by atoms with E-state index in [0.717, 1.165) is 59.4 Å². The molecular formula is C20H23NO2. The van der Waals surface area contributed by atoms with E-state index in [9.17, 15) is 4.79 Å². The maximum absolute atomic E-state index is 13.4. The Balaban J connectivity index is 1.53. The summed E-state index contributed by atoms with van der Waals surface area (Å²) in [4.78, 5) is 16.7. The number of rotatable bonds is 3. The van der Waals surface area contributed by atoms with E-state index < -0.39 is 0 Å². The molecule has 3 nitrogen and oxygen atoms in total. The molecule has 23 heavy (non-hydrogen) atoms. The smallest absolute Gasteiger partial charge is 0.185 e. The number of benzene rings is 1. The second-order valence-electron chi connectivity index (χ2n) is 8.16. The van der Waals surface area contributed by atoms with Crippen LogP contribution in [0.25, 0.3) is 10.9 Å². The normalized spacial score (nSPS) is 34.9. The molecule has 0 saturated heterocycles. The van der Waals surface area contributed by atoms with E-state index in [4.69, 9.17) is 4.74 Å². The van der Waals surface area contributed by atoms with Gasteiger partial charge in [-0.05, 0) is 80.5 Å². The highest BCUT2D eigenvalue weighted by molar-refractivity contribution is 6.03. The van der Waals surface area contributed by atoms with Crippen molar-refractivity contribution in [3.05, 3.63) is 30.0 Å². The molecule has 4 saturated carbocycles. The first-order chi connectivity index (χ1) is 11.1. The summed E-state index contributed by atoms with van der Waals surface area (Å²) >= 11 is 0. The quantitative estimate of drug-likeness (QED) is 0.844. The Morgan fingerprint density at radius 3 is 2.35 bits per heavy atom. The summed E-state index contributed by atoms with van der Waals surface area (Å²) < 4.78 is 5.29. The second kappa shape index (κ2) is 4.62. The summed E-state index contributed by atoms with van der Waals surface area (Å²) in [6.07, 6.45) is 7.48. The molecule has 4 aliphatic carbocycles. The number of aromatic amines is 1. The lowest BCUT2D eigenvalue weighted by molar-refractivity contribution is -0.0355. The van der Waals surface area contributed by atoms with Crippen molar-refractivity contribution in [3.63, 3.8) is 0 Å². The maximum Gasteiger partial charge on any atom is 0.185 e. The van der Waals surface area contributed by atoms with Gasteiger partial charge in [-0.25, -0.2) is 0 Å². The van der Waals surface area contributed by atoms with Crippen molar-refractivity contribution in [2.24, 2.45) is 23.2 Å². The van der Waals surface area contributed by atoms with Crippen LogP contribution in [-0.2, 0) is 0 Å². The van der Waals surface area contributed by atoms with Crippen molar-refractivity contribution in [1.82, 2.24) is 4.98 Å². The predicted molar refractivity (Wildman–Crippen MR) is 89.8 cm³/mol. The highest BCUT2D eigenvalue weighted by Crippen LogP contribution is 2.60. The van der Waals surface area contributed by atoms with Gasteiger partial charge in [0.1, 0.15) is 5.75 Å². The van der Waals surface area contributed by atoms with Crippen LogP contribution in [0.2, 0.25) is 0 Å². The Morgan fingerprint density at radius 2 is 1.74 bits per heavy atom. The van der Waals surface area contributed by atoms with Gasteiger partial charge in [-0.1, -0.05) is 0 Å². The van der Waals surface area contributed by atoms with Crippen LogP contribution in [0.1, 0.15) is 49.0 Å². The van der Waals surface area contributed by atoms with Gasteiger partial charge in [0.2, 0.25) is 0 Å². The van der Waals surface area contributed by atoms with Gasteiger partial charge < -0.3 is 9.72 Å². The van der Waals surface area contributed by atoms with E-state index >= 15 is 0 Å². The number of fused-ring (bicyclic) bond motifs is 1. The molecule has 1 aromatic heterocycles. The number of H-pyrrole nitrogens is 1. The van der Waals surface area contributed by atoms with Crippen molar-refractivity contribution >= 4 is 16.7 Å². The van der Waals surface area contributed by atoms with Crippen molar-refractivity contribution in [2.45, 2.75) is 38.5 Å². The first-order valence-electron chi connectivity index (χ1n) is 8.87. The Hall–Kier alpha value is -1.77. The van der Waals surface area contributed by atoms with Gasteiger partial charge in [0.25, 0.3) is 0 Å². The zero-order chi connectivity index (χ0) is 15.6. The minimum absolute atomic E-state index is 0.0697. The number of methoxy groups -OCH3 is 1. The lowest BCUT2D eigenvalue weighted by atomic mass is 9.48. The van der Waals surface area contributed by atoms with Crippen LogP contribution < -0.4 is 4.74 Å². The van der Waals surface area contributed by atoms with Crippen LogP contribution in [0.4, 0.5) is 0 Å². The third kappa shape index (κ3) is 1.98. The molecule has 4 aliphatic rings. The Morgan fingerprint density at radius 1 is 1.09 bits per heavy atom. The summed E-state index contributed by atoms with van der Waals surface area (Å²) in [5.41, 5.74) is 1.76. The van der Waals surface area contributed by atoms with E-state index in [1.807, 2.05) is 24.3 Å². The lowest BCUT2D eigenvalue weighted by Gasteiger charge is -2.55. The third-order valence-corrected chi connectivity index (χ3v) is 6.59. The number of carbonyl (C=O) groups is 1. The molecule has 2 aromatic rings. The molecule has 3 heteroatoms. The molecule has 0 aliphatic heterocycles. The van der Waals surface area contributed by atoms with Gasteiger partial charge in [-0.3, -0.25) is 4.79 Å². The Kier molecular flexibility index (Phi) is 2.74.